The lowest BCUT2D eigenvalue weighted by Crippen LogP contribution is -2.69. The minimum Gasteiger partial charge on any atom is -0.507 e. The number of piperazine rings is 1. The molecule has 210 valence electrons. The van der Waals surface area contributed by atoms with Gasteiger partial charge in [-0.1, -0.05) is 6.07 Å². The summed E-state index contributed by atoms with van der Waals surface area (Å²) in [5, 5.41) is 33.6. The quantitative estimate of drug-likeness (QED) is 0.407. The van der Waals surface area contributed by atoms with Gasteiger partial charge in [-0.25, -0.2) is 0 Å². The molecule has 5 aliphatic rings. The summed E-state index contributed by atoms with van der Waals surface area (Å²) in [6.45, 7) is 5.68. The highest BCUT2D eigenvalue weighted by Crippen LogP contribution is 2.63. The molecule has 4 N–H and O–H groups in total. The number of nitriles is 1. The van der Waals surface area contributed by atoms with Gasteiger partial charge in [-0.3, -0.25) is 14.6 Å². The first-order valence-electron chi connectivity index (χ1n) is 13.5. The van der Waals surface area contributed by atoms with Crippen molar-refractivity contribution < 1.29 is 29.2 Å². The van der Waals surface area contributed by atoms with Crippen molar-refractivity contribution in [3.8, 4) is 29.1 Å². The molecule has 0 amide bonds. The molecule has 0 aromatic heterocycles. The first-order chi connectivity index (χ1) is 19.1. The van der Waals surface area contributed by atoms with E-state index in [4.69, 9.17) is 19.9 Å². The number of thioether (sulfide) groups is 1. The van der Waals surface area contributed by atoms with Crippen LogP contribution in [-0.2, 0) is 16.0 Å². The lowest BCUT2D eigenvalue weighted by atomic mass is 9.71. The van der Waals surface area contributed by atoms with Gasteiger partial charge in [0.15, 0.2) is 11.5 Å². The van der Waals surface area contributed by atoms with E-state index in [1.807, 2.05) is 20.9 Å². The van der Waals surface area contributed by atoms with Gasteiger partial charge in [0.25, 0.3) is 0 Å². The lowest BCUT2D eigenvalue weighted by Gasteiger charge is -2.61. The van der Waals surface area contributed by atoms with Crippen LogP contribution in [0.2, 0.25) is 0 Å². The summed E-state index contributed by atoms with van der Waals surface area (Å²) < 4.78 is 17.6. The van der Waals surface area contributed by atoms with Crippen molar-refractivity contribution in [1.29, 1.82) is 5.26 Å². The third kappa shape index (κ3) is 3.25. The van der Waals surface area contributed by atoms with E-state index in [1.165, 1.54) is 11.8 Å². The van der Waals surface area contributed by atoms with Crippen molar-refractivity contribution in [2.45, 2.75) is 68.7 Å². The molecule has 0 aliphatic carbocycles. The molecule has 0 spiro atoms. The van der Waals surface area contributed by atoms with E-state index >= 15 is 0 Å². The monoisotopic (exact) mass is 564 g/mol. The van der Waals surface area contributed by atoms with Crippen LogP contribution in [0, 0.1) is 32.1 Å². The zero-order valence-corrected chi connectivity index (χ0v) is 23.6. The van der Waals surface area contributed by atoms with Crippen LogP contribution in [0.15, 0.2) is 6.07 Å². The fraction of sp³-hybridized carbons (Fsp3) is 0.517. The van der Waals surface area contributed by atoms with E-state index < -0.39 is 29.3 Å². The van der Waals surface area contributed by atoms with Crippen LogP contribution in [0.3, 0.4) is 0 Å². The summed E-state index contributed by atoms with van der Waals surface area (Å²) in [4.78, 5) is 17.2. The third-order valence-corrected chi connectivity index (χ3v) is 11.1. The van der Waals surface area contributed by atoms with Gasteiger partial charge in [0.2, 0.25) is 6.79 Å². The highest BCUT2D eigenvalue weighted by Gasteiger charge is 2.60. The van der Waals surface area contributed by atoms with Crippen molar-refractivity contribution in [3.63, 3.8) is 0 Å². The Bertz CT molecular complexity index is 1510. The SMILES string of the molecule is Cc1cc2c(c(O)c1C)[C@@H]1C3[C@@H]4SC[C@@H](N)C(=O)OC[C@H](c5c6c(c(C)c(O)c54)OCO6)N3[C@@H](C#N)[C@H](C2)N1C. The number of cyclic esters (lactones) is 1. The second kappa shape index (κ2) is 8.91. The summed E-state index contributed by atoms with van der Waals surface area (Å²) in [7, 11) is 2.02. The highest BCUT2D eigenvalue weighted by molar-refractivity contribution is 7.99. The maximum absolute atomic E-state index is 12.8. The Labute approximate surface area is 236 Å². The Hall–Kier alpha value is -3.17. The molecule has 7 atom stereocenters. The molecule has 5 aliphatic heterocycles. The average molecular weight is 565 g/mol. The average Bonchev–Trinajstić information content (AvgIpc) is 3.42. The highest BCUT2D eigenvalue weighted by atomic mass is 32.2. The van der Waals surface area contributed by atoms with Crippen LogP contribution in [0.25, 0.3) is 0 Å². The molecule has 5 heterocycles. The van der Waals surface area contributed by atoms with E-state index in [9.17, 15) is 20.3 Å². The van der Waals surface area contributed by atoms with E-state index in [-0.39, 0.29) is 48.8 Å². The van der Waals surface area contributed by atoms with Crippen LogP contribution in [0.1, 0.15) is 56.3 Å². The fourth-order valence-electron chi connectivity index (χ4n) is 7.59. The number of aromatic hydroxyl groups is 2. The Morgan fingerprint density at radius 3 is 2.55 bits per heavy atom. The van der Waals surface area contributed by atoms with E-state index in [1.54, 1.807) is 6.92 Å². The summed E-state index contributed by atoms with van der Waals surface area (Å²) in [5.74, 6) is 1.14. The number of fused-ring (bicyclic) bond motifs is 9. The van der Waals surface area contributed by atoms with Crippen LogP contribution in [0.4, 0.5) is 0 Å². The largest absolute Gasteiger partial charge is 0.507 e. The van der Waals surface area contributed by atoms with Gasteiger partial charge in [0, 0.05) is 40.1 Å². The van der Waals surface area contributed by atoms with Gasteiger partial charge >= 0.3 is 5.97 Å². The molecule has 10 nitrogen and oxygen atoms in total. The maximum atomic E-state index is 12.8. The number of hydrogen-bond donors (Lipinski definition) is 3. The van der Waals surface area contributed by atoms with Gasteiger partial charge in [-0.15, -0.1) is 11.8 Å². The zero-order chi connectivity index (χ0) is 28.2. The number of rotatable bonds is 0. The van der Waals surface area contributed by atoms with Crippen molar-refractivity contribution in [1.82, 2.24) is 9.80 Å². The van der Waals surface area contributed by atoms with Crippen molar-refractivity contribution in [2.24, 2.45) is 5.73 Å². The summed E-state index contributed by atoms with van der Waals surface area (Å²) >= 11 is 1.47. The molecule has 2 aromatic carbocycles. The fourth-order valence-corrected chi connectivity index (χ4v) is 9.03. The summed E-state index contributed by atoms with van der Waals surface area (Å²) in [6, 6.07) is 1.93. The van der Waals surface area contributed by atoms with Crippen molar-refractivity contribution in [2.75, 3.05) is 26.2 Å². The molecule has 2 fully saturated rings. The van der Waals surface area contributed by atoms with Gasteiger partial charge in [-0.05, 0) is 50.9 Å². The Morgan fingerprint density at radius 1 is 1.07 bits per heavy atom. The summed E-state index contributed by atoms with van der Waals surface area (Å²) in [5.41, 5.74) is 12.0. The summed E-state index contributed by atoms with van der Waals surface area (Å²) in [6.07, 6.45) is 0.595. The molecule has 0 saturated carbocycles. The van der Waals surface area contributed by atoms with Crippen molar-refractivity contribution in [3.05, 3.63) is 45.0 Å². The van der Waals surface area contributed by atoms with Crippen LogP contribution in [-0.4, -0.2) is 76.3 Å². The molecule has 2 aromatic rings. The number of hydrogen-bond acceptors (Lipinski definition) is 11. The van der Waals surface area contributed by atoms with Crippen molar-refractivity contribution >= 4 is 17.7 Å². The number of aryl methyl sites for hydroxylation is 1. The molecule has 7 rings (SSSR count). The van der Waals surface area contributed by atoms with E-state index in [2.05, 4.69) is 21.9 Å². The van der Waals surface area contributed by atoms with Gasteiger partial charge in [0.1, 0.15) is 30.2 Å². The molecular formula is C29H32N4O6S. The second-order valence-electron chi connectivity index (χ2n) is 11.5. The molecule has 2 saturated heterocycles. The smallest absolute Gasteiger partial charge is 0.323 e. The molecule has 4 bridgehead atoms. The number of phenolic OH excluding ortho intramolecular Hbond substituents is 2. The molecule has 11 heteroatoms. The minimum absolute atomic E-state index is 0.0141. The predicted molar refractivity (Wildman–Crippen MR) is 146 cm³/mol. The van der Waals surface area contributed by atoms with Gasteiger partial charge in [0.05, 0.1) is 23.4 Å². The number of nitrogens with zero attached hydrogens (tertiary/aromatic N) is 3. The number of esters is 1. The van der Waals surface area contributed by atoms with Crippen LogP contribution in [0.5, 0.6) is 23.0 Å². The number of carbonyl (C=O) groups excluding carboxylic acids is 1. The number of phenols is 2. The maximum Gasteiger partial charge on any atom is 0.323 e. The second-order valence-corrected chi connectivity index (χ2v) is 12.7. The third-order valence-electron chi connectivity index (χ3n) is 9.64. The number of benzene rings is 2. The molecular weight excluding hydrogens is 532 g/mol. The topological polar surface area (TPSA) is 142 Å². The van der Waals surface area contributed by atoms with Gasteiger partial charge in [-0.2, -0.15) is 5.26 Å². The first kappa shape index (κ1) is 25.8. The Morgan fingerprint density at radius 2 is 1.80 bits per heavy atom. The first-order valence-corrected chi connectivity index (χ1v) is 14.6. The molecule has 40 heavy (non-hydrogen) atoms. The molecule has 0 radical (unpaired) electrons. The minimum atomic E-state index is -0.837. The predicted octanol–water partition coefficient (Wildman–Crippen LogP) is 2.64. The Balaban J connectivity index is 1.54. The zero-order valence-electron chi connectivity index (χ0n) is 22.8. The van der Waals surface area contributed by atoms with Crippen LogP contribution < -0.4 is 15.2 Å². The normalized spacial score (nSPS) is 32.5. The van der Waals surface area contributed by atoms with E-state index in [0.29, 0.717) is 34.6 Å². The molecule has 1 unspecified atom stereocenters. The van der Waals surface area contributed by atoms with Crippen LogP contribution >= 0.6 is 11.8 Å². The Kier molecular flexibility index (Phi) is 5.74. The number of nitrogens with two attached hydrogens (primary N) is 1. The lowest BCUT2D eigenvalue weighted by molar-refractivity contribution is -0.150. The number of likely N-dealkylation sites (N-methyl/N-ethyl adjacent to an activating group) is 1. The standard InChI is InChI=1S/C29H32N4O6S/c1-11-5-14-6-16-17(7-30)33-18-8-37-29(36)15(31)9-40-28(23(33)22(32(16)4)19(14)24(34)12(11)2)21-20(18)27-26(38-10-39-27)13(3)25(21)35/h5,15-18,22-23,28,34-35H,6,8-10,31H2,1-4H3/t15-,16+,17+,18-,22-,23?,28-/m1/s1. The number of ether oxygens (including phenoxy) is 3. The van der Waals surface area contributed by atoms with Gasteiger partial charge < -0.3 is 30.2 Å². The number of carbonyl (C=O) groups is 1. The van der Waals surface area contributed by atoms with E-state index in [0.717, 1.165) is 22.3 Å².